The van der Waals surface area contributed by atoms with E-state index in [0.717, 1.165) is 5.56 Å². The van der Waals surface area contributed by atoms with Crippen molar-refractivity contribution in [2.75, 3.05) is 0 Å². The Bertz CT molecular complexity index is 423. The Labute approximate surface area is 103 Å². The number of carbonyl (C=O) groups excluding carboxylic acids is 1. The van der Waals surface area contributed by atoms with E-state index in [1.54, 1.807) is 6.08 Å². The highest BCUT2D eigenvalue weighted by atomic mass is 16.5. The van der Waals surface area contributed by atoms with E-state index < -0.39 is 0 Å². The summed E-state index contributed by atoms with van der Waals surface area (Å²) >= 11 is 0. The van der Waals surface area contributed by atoms with Gasteiger partial charge in [0.2, 0.25) is 0 Å². The molecule has 0 saturated carbocycles. The number of esters is 1. The monoisotopic (exact) mass is 230 g/mol. The number of hydrogen-bond acceptors (Lipinski definition) is 2. The molecule has 1 aromatic carbocycles. The van der Waals surface area contributed by atoms with Crippen molar-refractivity contribution in [2.24, 2.45) is 0 Å². The Kier molecular flexibility index (Phi) is 5.25. The van der Waals surface area contributed by atoms with Gasteiger partial charge in [-0.15, -0.1) is 5.73 Å². The first-order chi connectivity index (χ1) is 8.13. The lowest BCUT2D eigenvalue weighted by molar-refractivity contribution is -0.142. The van der Waals surface area contributed by atoms with Gasteiger partial charge >= 0.3 is 5.97 Å². The summed E-state index contributed by atoms with van der Waals surface area (Å²) in [5.41, 5.74) is 4.60. The van der Waals surface area contributed by atoms with E-state index in [4.69, 9.17) is 4.74 Å². The Hall–Kier alpha value is -1.79. The summed E-state index contributed by atoms with van der Waals surface area (Å²) in [7, 11) is 0. The molecule has 17 heavy (non-hydrogen) atoms. The zero-order valence-electron chi connectivity index (χ0n) is 10.6. The molecule has 0 saturated heterocycles. The number of rotatable bonds is 4. The lowest BCUT2D eigenvalue weighted by atomic mass is 10.1. The van der Waals surface area contributed by atoms with Crippen LogP contribution in [0.25, 0.3) is 0 Å². The minimum atomic E-state index is -0.290. The summed E-state index contributed by atoms with van der Waals surface area (Å²) in [6.07, 6.45) is 2.18. The molecule has 0 heterocycles. The van der Waals surface area contributed by atoms with Crippen molar-refractivity contribution >= 4 is 5.97 Å². The van der Waals surface area contributed by atoms with Crippen molar-refractivity contribution in [2.45, 2.75) is 33.3 Å². The molecule has 2 nitrogen and oxygen atoms in total. The third-order valence-electron chi connectivity index (χ3n) is 2.13. The van der Waals surface area contributed by atoms with E-state index in [1.165, 1.54) is 0 Å². The van der Waals surface area contributed by atoms with Crippen LogP contribution in [0.3, 0.4) is 0 Å². The third-order valence-corrected chi connectivity index (χ3v) is 2.13. The molecule has 1 rings (SSSR count). The van der Waals surface area contributed by atoms with E-state index in [0.29, 0.717) is 12.0 Å². The second-order valence-electron chi connectivity index (χ2n) is 4.03. The normalized spacial score (nSPS) is 9.65. The van der Waals surface area contributed by atoms with Gasteiger partial charge in [0.15, 0.2) is 0 Å². The molecular weight excluding hydrogens is 212 g/mol. The molecule has 0 aliphatic heterocycles. The highest BCUT2D eigenvalue weighted by molar-refractivity contribution is 5.88. The number of benzene rings is 1. The lowest BCUT2D eigenvalue weighted by Crippen LogP contribution is -2.14. The standard InChI is InChI=1S/C15H18O2/c1-4-8-14(15(16)17-12(2)3)11-13-9-6-5-7-10-13/h4-7,9-10,12H,11H2,1-3H3. The van der Waals surface area contributed by atoms with Crippen molar-refractivity contribution in [3.8, 4) is 0 Å². The molecule has 0 atom stereocenters. The van der Waals surface area contributed by atoms with Gasteiger partial charge in [-0.25, -0.2) is 4.79 Å². The maximum atomic E-state index is 11.8. The summed E-state index contributed by atoms with van der Waals surface area (Å²) < 4.78 is 5.18. The molecule has 0 aliphatic carbocycles. The fourth-order valence-electron chi connectivity index (χ4n) is 1.44. The van der Waals surface area contributed by atoms with Crippen LogP contribution < -0.4 is 0 Å². The average Bonchev–Trinajstić information content (AvgIpc) is 2.29. The molecule has 1 aromatic rings. The highest BCUT2D eigenvalue weighted by Crippen LogP contribution is 2.09. The summed E-state index contributed by atoms with van der Waals surface area (Å²) in [6.45, 7) is 5.52. The van der Waals surface area contributed by atoms with Gasteiger partial charge < -0.3 is 4.74 Å². The SMILES string of the molecule is CC=C=C(Cc1ccccc1)C(=O)OC(C)C. The number of carbonyl (C=O) groups is 1. The predicted molar refractivity (Wildman–Crippen MR) is 68.6 cm³/mol. The first-order valence-electron chi connectivity index (χ1n) is 5.78. The van der Waals surface area contributed by atoms with E-state index in [-0.39, 0.29) is 12.1 Å². The minimum Gasteiger partial charge on any atom is -0.459 e. The predicted octanol–water partition coefficient (Wildman–Crippen LogP) is 3.28. The molecular formula is C15H18O2. The van der Waals surface area contributed by atoms with Gasteiger partial charge in [-0.05, 0) is 32.4 Å². The largest absolute Gasteiger partial charge is 0.459 e. The van der Waals surface area contributed by atoms with Crippen LogP contribution in [-0.2, 0) is 16.0 Å². The number of hydrogen-bond donors (Lipinski definition) is 0. The van der Waals surface area contributed by atoms with Crippen LogP contribution in [-0.4, -0.2) is 12.1 Å². The molecule has 0 aromatic heterocycles. The van der Waals surface area contributed by atoms with Crippen LogP contribution in [0.1, 0.15) is 26.3 Å². The molecule has 0 N–H and O–H groups in total. The van der Waals surface area contributed by atoms with Crippen LogP contribution in [0.15, 0.2) is 47.7 Å². The van der Waals surface area contributed by atoms with E-state index in [1.807, 2.05) is 51.1 Å². The Morgan fingerprint density at radius 2 is 2.00 bits per heavy atom. The topological polar surface area (TPSA) is 26.3 Å². The van der Waals surface area contributed by atoms with Gasteiger partial charge in [0.25, 0.3) is 0 Å². The van der Waals surface area contributed by atoms with Gasteiger partial charge in [0.1, 0.15) is 0 Å². The average molecular weight is 230 g/mol. The van der Waals surface area contributed by atoms with Gasteiger partial charge in [-0.2, -0.15) is 0 Å². The Balaban J connectivity index is 2.82. The van der Waals surface area contributed by atoms with Crippen LogP contribution in [0, 0.1) is 0 Å². The van der Waals surface area contributed by atoms with Crippen molar-refractivity contribution in [3.05, 3.63) is 53.3 Å². The Morgan fingerprint density at radius 1 is 1.35 bits per heavy atom. The summed E-state index contributed by atoms with van der Waals surface area (Å²) in [4.78, 5) is 11.8. The van der Waals surface area contributed by atoms with Crippen molar-refractivity contribution in [3.63, 3.8) is 0 Å². The second-order valence-corrected chi connectivity index (χ2v) is 4.03. The molecule has 0 spiro atoms. The molecule has 0 radical (unpaired) electrons. The fourth-order valence-corrected chi connectivity index (χ4v) is 1.44. The molecule has 0 amide bonds. The molecule has 0 fully saturated rings. The zero-order chi connectivity index (χ0) is 12.7. The van der Waals surface area contributed by atoms with Gasteiger partial charge in [0, 0.05) is 6.42 Å². The van der Waals surface area contributed by atoms with Crippen molar-refractivity contribution in [1.82, 2.24) is 0 Å². The van der Waals surface area contributed by atoms with E-state index in [9.17, 15) is 4.79 Å². The molecule has 2 heteroatoms. The lowest BCUT2D eigenvalue weighted by Gasteiger charge is -2.09. The highest BCUT2D eigenvalue weighted by Gasteiger charge is 2.12. The summed E-state index contributed by atoms with van der Waals surface area (Å²) in [6, 6.07) is 9.84. The summed E-state index contributed by atoms with van der Waals surface area (Å²) in [5.74, 6) is -0.290. The van der Waals surface area contributed by atoms with Crippen LogP contribution in [0.2, 0.25) is 0 Å². The van der Waals surface area contributed by atoms with Gasteiger partial charge in [-0.1, -0.05) is 30.3 Å². The zero-order valence-corrected chi connectivity index (χ0v) is 10.6. The maximum Gasteiger partial charge on any atom is 0.342 e. The maximum absolute atomic E-state index is 11.8. The van der Waals surface area contributed by atoms with Gasteiger partial charge in [-0.3, -0.25) is 0 Å². The first kappa shape index (κ1) is 13.3. The van der Waals surface area contributed by atoms with E-state index >= 15 is 0 Å². The third kappa shape index (κ3) is 4.71. The van der Waals surface area contributed by atoms with E-state index in [2.05, 4.69) is 5.73 Å². The Morgan fingerprint density at radius 3 is 2.53 bits per heavy atom. The quantitative estimate of drug-likeness (QED) is 0.451. The first-order valence-corrected chi connectivity index (χ1v) is 5.78. The van der Waals surface area contributed by atoms with Gasteiger partial charge in [0.05, 0.1) is 11.7 Å². The molecule has 0 bridgehead atoms. The summed E-state index contributed by atoms with van der Waals surface area (Å²) in [5, 5.41) is 0. The number of ether oxygens (including phenoxy) is 1. The fraction of sp³-hybridized carbons (Fsp3) is 0.333. The second kappa shape index (κ2) is 6.72. The minimum absolute atomic E-state index is 0.105. The van der Waals surface area contributed by atoms with Crippen LogP contribution in [0.5, 0.6) is 0 Å². The van der Waals surface area contributed by atoms with Crippen LogP contribution >= 0.6 is 0 Å². The molecule has 0 unspecified atom stereocenters. The van der Waals surface area contributed by atoms with Crippen molar-refractivity contribution < 1.29 is 9.53 Å². The smallest absolute Gasteiger partial charge is 0.342 e. The van der Waals surface area contributed by atoms with Crippen molar-refractivity contribution in [1.29, 1.82) is 0 Å². The van der Waals surface area contributed by atoms with Crippen LogP contribution in [0.4, 0.5) is 0 Å². The molecule has 90 valence electrons. The molecule has 0 aliphatic rings.